The summed E-state index contributed by atoms with van der Waals surface area (Å²) in [5, 5.41) is 10.6. The largest absolute Gasteiger partial charge is 0.472 e. The summed E-state index contributed by atoms with van der Waals surface area (Å²) in [5.41, 5.74) is 0. The second kappa shape index (κ2) is 75.3. The molecular formula is C81H158O17P2. The molecule has 17 nitrogen and oxygen atoms in total. The van der Waals surface area contributed by atoms with Crippen molar-refractivity contribution in [3.8, 4) is 0 Å². The molecule has 0 rings (SSSR count). The van der Waals surface area contributed by atoms with E-state index in [0.29, 0.717) is 25.7 Å². The Morgan fingerprint density at radius 3 is 0.590 bits per heavy atom. The number of ether oxygens (including phenoxy) is 4. The van der Waals surface area contributed by atoms with Crippen LogP contribution in [0.4, 0.5) is 0 Å². The summed E-state index contributed by atoms with van der Waals surface area (Å²) in [6.45, 7) is 5.04. The number of rotatable bonds is 82. The van der Waals surface area contributed by atoms with Crippen molar-refractivity contribution in [1.29, 1.82) is 0 Å². The number of carbonyl (C=O) groups excluding carboxylic acids is 4. The van der Waals surface area contributed by atoms with Gasteiger partial charge in [-0.25, -0.2) is 9.13 Å². The third-order valence-corrected chi connectivity index (χ3v) is 21.0. The molecule has 0 spiro atoms. The van der Waals surface area contributed by atoms with E-state index >= 15 is 0 Å². The molecular weight excluding hydrogens is 1310 g/mol. The van der Waals surface area contributed by atoms with Crippen LogP contribution in [0.3, 0.4) is 0 Å². The smallest absolute Gasteiger partial charge is 0.462 e. The Bertz CT molecular complexity index is 1890. The molecule has 0 fully saturated rings. The minimum absolute atomic E-state index is 0.109. The second-order valence-electron chi connectivity index (χ2n) is 29.2. The lowest BCUT2D eigenvalue weighted by Crippen LogP contribution is -2.30. The van der Waals surface area contributed by atoms with Crippen LogP contribution >= 0.6 is 15.6 Å². The van der Waals surface area contributed by atoms with Gasteiger partial charge in [-0.05, 0) is 25.7 Å². The Morgan fingerprint density at radius 1 is 0.240 bits per heavy atom. The van der Waals surface area contributed by atoms with Crippen molar-refractivity contribution in [3.05, 3.63) is 0 Å². The predicted molar refractivity (Wildman–Crippen MR) is 409 cm³/mol. The summed E-state index contributed by atoms with van der Waals surface area (Å²) in [7, 11) is -9.92. The van der Waals surface area contributed by atoms with Crippen molar-refractivity contribution in [3.63, 3.8) is 0 Å². The number of phosphoric ester groups is 2. The molecule has 0 radical (unpaired) electrons. The average Bonchev–Trinajstić information content (AvgIpc) is 1.06. The summed E-state index contributed by atoms with van der Waals surface area (Å²) < 4.78 is 68.8. The monoisotopic (exact) mass is 1470 g/mol. The third kappa shape index (κ3) is 74.3. The molecule has 5 atom stereocenters. The molecule has 2 unspecified atom stereocenters. The summed E-state index contributed by atoms with van der Waals surface area (Å²) >= 11 is 0. The van der Waals surface area contributed by atoms with E-state index in [-0.39, 0.29) is 25.7 Å². The zero-order valence-corrected chi connectivity index (χ0v) is 67.0. The molecule has 0 saturated heterocycles. The maximum atomic E-state index is 13.1. The molecule has 0 amide bonds. The Hall–Kier alpha value is -1.94. The van der Waals surface area contributed by atoms with Crippen LogP contribution in [0.5, 0.6) is 0 Å². The van der Waals surface area contributed by atoms with Crippen LogP contribution in [-0.4, -0.2) is 96.7 Å². The zero-order chi connectivity index (χ0) is 73.2. The van der Waals surface area contributed by atoms with Crippen LogP contribution in [0.1, 0.15) is 439 Å². The first-order valence-electron chi connectivity index (χ1n) is 42.3. The Balaban J connectivity index is 5.25. The maximum Gasteiger partial charge on any atom is 0.472 e. The molecule has 594 valence electrons. The molecule has 0 aliphatic rings. The fourth-order valence-corrected chi connectivity index (χ4v) is 14.2. The van der Waals surface area contributed by atoms with Gasteiger partial charge in [0, 0.05) is 25.7 Å². The van der Waals surface area contributed by atoms with Crippen molar-refractivity contribution >= 4 is 39.5 Å². The van der Waals surface area contributed by atoms with Gasteiger partial charge in [-0.2, -0.15) is 0 Å². The van der Waals surface area contributed by atoms with Crippen molar-refractivity contribution in [2.75, 3.05) is 39.6 Å². The first-order valence-corrected chi connectivity index (χ1v) is 45.3. The molecule has 3 N–H and O–H groups in total. The summed E-state index contributed by atoms with van der Waals surface area (Å²) in [4.78, 5) is 73.1. The van der Waals surface area contributed by atoms with Crippen LogP contribution in [-0.2, 0) is 65.4 Å². The highest BCUT2D eigenvalue weighted by Crippen LogP contribution is 2.45. The van der Waals surface area contributed by atoms with E-state index in [1.54, 1.807) is 0 Å². The standard InChI is InChI=1S/C81H158O17P2/c1-5-9-13-17-21-25-29-33-36-37-40-43-46-50-54-58-62-66-79(84)92-72-77(98-81(86)68-64-60-56-52-48-44-39-35-31-27-23-19-15-11-7-3)74-96-100(89,90)94-70-75(82)69-93-99(87,88)95-73-76(97-80(85)67-63-59-55-51-47-41-32-28-24-20-16-12-8-4)71-91-78(83)65-61-57-53-49-45-42-38-34-30-26-22-18-14-10-6-2/h75-77,82H,5-74H2,1-4H3,(H,87,88)(H,89,90)/t75-,76+,77+/m0/s1. The Labute approximate surface area is 613 Å². The van der Waals surface area contributed by atoms with Gasteiger partial charge in [-0.3, -0.25) is 37.3 Å². The average molecular weight is 1470 g/mol. The number of esters is 4. The van der Waals surface area contributed by atoms with Gasteiger partial charge in [0.05, 0.1) is 26.4 Å². The van der Waals surface area contributed by atoms with Gasteiger partial charge in [0.2, 0.25) is 0 Å². The lowest BCUT2D eigenvalue weighted by atomic mass is 10.0. The summed E-state index contributed by atoms with van der Waals surface area (Å²) in [6.07, 6.45) is 67.8. The highest BCUT2D eigenvalue weighted by Gasteiger charge is 2.30. The van der Waals surface area contributed by atoms with Gasteiger partial charge in [0.15, 0.2) is 12.2 Å². The normalized spacial score (nSPS) is 13.8. The van der Waals surface area contributed by atoms with Crippen LogP contribution in [0.25, 0.3) is 0 Å². The summed E-state index contributed by atoms with van der Waals surface area (Å²) in [6, 6.07) is 0. The lowest BCUT2D eigenvalue weighted by molar-refractivity contribution is -0.161. The van der Waals surface area contributed by atoms with Gasteiger partial charge >= 0.3 is 39.5 Å². The van der Waals surface area contributed by atoms with Crippen molar-refractivity contribution in [1.82, 2.24) is 0 Å². The maximum absolute atomic E-state index is 13.1. The molecule has 0 aromatic carbocycles. The van der Waals surface area contributed by atoms with E-state index in [4.69, 9.17) is 37.0 Å². The number of phosphoric acid groups is 2. The molecule has 0 aliphatic carbocycles. The lowest BCUT2D eigenvalue weighted by Gasteiger charge is -2.21. The van der Waals surface area contributed by atoms with Crippen LogP contribution in [0, 0.1) is 0 Å². The number of aliphatic hydroxyl groups excluding tert-OH is 1. The van der Waals surface area contributed by atoms with Gasteiger partial charge in [-0.15, -0.1) is 0 Å². The third-order valence-electron chi connectivity index (χ3n) is 19.1. The zero-order valence-electron chi connectivity index (χ0n) is 65.2. The Morgan fingerprint density at radius 2 is 0.400 bits per heavy atom. The molecule has 0 heterocycles. The molecule has 0 aromatic heterocycles. The number of hydrogen-bond acceptors (Lipinski definition) is 15. The molecule has 100 heavy (non-hydrogen) atoms. The molecule has 0 bridgehead atoms. The van der Waals surface area contributed by atoms with E-state index in [0.717, 1.165) is 89.9 Å². The predicted octanol–water partition coefficient (Wildman–Crippen LogP) is 24.6. The van der Waals surface area contributed by atoms with Crippen molar-refractivity contribution < 1.29 is 80.2 Å². The first kappa shape index (κ1) is 98.1. The van der Waals surface area contributed by atoms with Gasteiger partial charge in [0.1, 0.15) is 19.3 Å². The second-order valence-corrected chi connectivity index (χ2v) is 32.1. The fourth-order valence-electron chi connectivity index (χ4n) is 12.6. The van der Waals surface area contributed by atoms with Crippen molar-refractivity contribution in [2.45, 2.75) is 457 Å². The molecule has 19 heteroatoms. The number of aliphatic hydroxyl groups is 1. The number of carbonyl (C=O) groups is 4. The van der Waals surface area contributed by atoms with E-state index < -0.39 is 97.5 Å². The summed E-state index contributed by atoms with van der Waals surface area (Å²) in [5.74, 6) is -2.10. The van der Waals surface area contributed by atoms with Gasteiger partial charge in [0.25, 0.3) is 0 Å². The van der Waals surface area contributed by atoms with Crippen LogP contribution < -0.4 is 0 Å². The highest BCUT2D eigenvalue weighted by molar-refractivity contribution is 7.47. The molecule has 0 aromatic rings. The van der Waals surface area contributed by atoms with E-state index in [1.807, 2.05) is 0 Å². The number of hydrogen-bond donors (Lipinski definition) is 3. The molecule has 0 aliphatic heterocycles. The quantitative estimate of drug-likeness (QED) is 0.0222. The highest BCUT2D eigenvalue weighted by atomic mass is 31.2. The minimum Gasteiger partial charge on any atom is -0.462 e. The SMILES string of the molecule is CCCCCCCCCCCCCCCCCCCC(=O)OC[C@H](COP(=O)(O)OC[C@@H](O)COP(=O)(O)OC[C@@H](COC(=O)CCCCCCCCCCCCCCCCC)OC(=O)CCCCCCCCCCCCCCC)OC(=O)CCCCCCCCCCCCCCCCC. The number of unbranched alkanes of at least 4 members (excludes halogenated alkanes) is 56. The van der Waals surface area contributed by atoms with E-state index in [2.05, 4.69) is 27.7 Å². The van der Waals surface area contributed by atoms with E-state index in [9.17, 15) is 43.2 Å². The van der Waals surface area contributed by atoms with Crippen LogP contribution in [0.15, 0.2) is 0 Å². The topological polar surface area (TPSA) is 237 Å². The fraction of sp³-hybridized carbons (Fsp3) is 0.951. The van der Waals surface area contributed by atoms with Gasteiger partial charge in [-0.1, -0.05) is 387 Å². The van der Waals surface area contributed by atoms with E-state index in [1.165, 1.54) is 270 Å². The van der Waals surface area contributed by atoms with Crippen LogP contribution in [0.2, 0.25) is 0 Å². The Kier molecular flexibility index (Phi) is 73.8. The van der Waals surface area contributed by atoms with Crippen molar-refractivity contribution in [2.24, 2.45) is 0 Å². The molecule has 0 saturated carbocycles. The van der Waals surface area contributed by atoms with Gasteiger partial charge < -0.3 is 33.8 Å². The first-order chi connectivity index (χ1) is 48.7. The minimum atomic E-state index is -4.96.